The second kappa shape index (κ2) is 4.56. The van der Waals surface area contributed by atoms with Crippen molar-refractivity contribution >= 4 is 5.78 Å². The fourth-order valence-electron chi connectivity index (χ4n) is 2.52. The normalized spacial score (nSPS) is 22.4. The summed E-state index contributed by atoms with van der Waals surface area (Å²) in [6.07, 6.45) is 7.22. The second-order valence-electron chi connectivity index (χ2n) is 5.06. The van der Waals surface area contributed by atoms with Crippen LogP contribution >= 0.6 is 0 Å². The lowest BCUT2D eigenvalue weighted by molar-refractivity contribution is 0.0849. The molecule has 5 heteroatoms. The molecule has 3 rings (SSSR count). The number of nitrogens with zero attached hydrogens (tertiary/aromatic N) is 3. The average molecular weight is 234 g/mol. The van der Waals surface area contributed by atoms with Crippen molar-refractivity contribution in [2.45, 2.75) is 38.1 Å². The largest absolute Gasteiger partial charge is 0.317 e. The molecular formula is C12H18N4O. The van der Waals surface area contributed by atoms with Gasteiger partial charge in [0.25, 0.3) is 0 Å². The molecule has 0 spiro atoms. The van der Waals surface area contributed by atoms with E-state index in [1.54, 1.807) is 0 Å². The van der Waals surface area contributed by atoms with Crippen LogP contribution in [-0.2, 0) is 0 Å². The summed E-state index contributed by atoms with van der Waals surface area (Å²) < 4.78 is 1.88. The van der Waals surface area contributed by atoms with Gasteiger partial charge in [-0.25, -0.2) is 4.68 Å². The Morgan fingerprint density at radius 2 is 2.06 bits per heavy atom. The number of carbonyl (C=O) groups excluding carboxylic acids is 1. The van der Waals surface area contributed by atoms with Gasteiger partial charge >= 0.3 is 0 Å². The second-order valence-corrected chi connectivity index (χ2v) is 5.06. The van der Waals surface area contributed by atoms with Crippen LogP contribution in [0.25, 0.3) is 0 Å². The summed E-state index contributed by atoms with van der Waals surface area (Å²) in [6.45, 7) is 2.05. The predicted molar refractivity (Wildman–Crippen MR) is 62.8 cm³/mol. The molecule has 17 heavy (non-hydrogen) atoms. The maximum atomic E-state index is 12.0. The molecule has 1 saturated carbocycles. The van der Waals surface area contributed by atoms with E-state index in [0.29, 0.717) is 11.7 Å². The van der Waals surface area contributed by atoms with E-state index in [0.717, 1.165) is 38.8 Å². The SMILES string of the molecule is O=C(c1cn(C2CCNCC2)nn1)C1CCC1. The van der Waals surface area contributed by atoms with Crippen LogP contribution in [0.1, 0.15) is 48.6 Å². The van der Waals surface area contributed by atoms with Crippen molar-refractivity contribution in [1.29, 1.82) is 0 Å². The van der Waals surface area contributed by atoms with Gasteiger partial charge in [-0.2, -0.15) is 0 Å². The monoisotopic (exact) mass is 234 g/mol. The Bertz CT molecular complexity index is 404. The van der Waals surface area contributed by atoms with Gasteiger partial charge in [-0.05, 0) is 38.8 Å². The molecule has 1 aromatic heterocycles. The molecule has 1 aromatic rings. The summed E-state index contributed by atoms with van der Waals surface area (Å²) in [5, 5.41) is 11.5. The van der Waals surface area contributed by atoms with E-state index in [9.17, 15) is 4.79 Å². The molecule has 2 fully saturated rings. The molecule has 0 bridgehead atoms. The van der Waals surface area contributed by atoms with Gasteiger partial charge in [0.2, 0.25) is 0 Å². The number of carbonyl (C=O) groups is 1. The van der Waals surface area contributed by atoms with E-state index >= 15 is 0 Å². The topological polar surface area (TPSA) is 59.8 Å². The Labute approximate surface area is 101 Å². The predicted octanol–water partition coefficient (Wildman–Crippen LogP) is 1.19. The number of nitrogens with one attached hydrogen (secondary N) is 1. The highest BCUT2D eigenvalue weighted by molar-refractivity contribution is 5.96. The lowest BCUT2D eigenvalue weighted by atomic mass is 9.81. The molecule has 0 atom stereocenters. The smallest absolute Gasteiger partial charge is 0.187 e. The lowest BCUT2D eigenvalue weighted by Gasteiger charge is -2.23. The quantitative estimate of drug-likeness (QED) is 0.798. The number of hydrogen-bond donors (Lipinski definition) is 1. The highest BCUT2D eigenvalue weighted by Crippen LogP contribution is 2.29. The molecule has 92 valence electrons. The van der Waals surface area contributed by atoms with Crippen LogP contribution in [-0.4, -0.2) is 33.9 Å². The van der Waals surface area contributed by atoms with Gasteiger partial charge in [-0.3, -0.25) is 4.79 Å². The van der Waals surface area contributed by atoms with Gasteiger partial charge < -0.3 is 5.32 Å². The Morgan fingerprint density at radius 3 is 2.71 bits per heavy atom. The first-order valence-corrected chi connectivity index (χ1v) is 6.51. The van der Waals surface area contributed by atoms with E-state index in [2.05, 4.69) is 15.6 Å². The third-order valence-electron chi connectivity index (χ3n) is 3.92. The van der Waals surface area contributed by atoms with E-state index in [-0.39, 0.29) is 11.7 Å². The van der Waals surface area contributed by atoms with Gasteiger partial charge in [0.1, 0.15) is 5.69 Å². The van der Waals surface area contributed by atoms with E-state index < -0.39 is 0 Å². The molecule has 1 saturated heterocycles. The first-order chi connectivity index (χ1) is 8.34. The molecule has 1 aliphatic heterocycles. The standard InChI is InChI=1S/C12H18N4O/c17-12(9-2-1-3-9)11-8-16(15-14-11)10-4-6-13-7-5-10/h8-10,13H,1-7H2. The number of piperidine rings is 1. The molecule has 2 aliphatic rings. The minimum absolute atomic E-state index is 0.191. The van der Waals surface area contributed by atoms with Crippen molar-refractivity contribution in [2.24, 2.45) is 5.92 Å². The average Bonchev–Trinajstić information content (AvgIpc) is 2.77. The zero-order chi connectivity index (χ0) is 11.7. The first kappa shape index (κ1) is 10.9. The van der Waals surface area contributed by atoms with Crippen LogP contribution in [0, 0.1) is 5.92 Å². The first-order valence-electron chi connectivity index (χ1n) is 6.51. The number of Topliss-reactive ketones (excluding diaryl/α,β-unsaturated/α-hetero) is 1. The molecule has 2 heterocycles. The Balaban J connectivity index is 1.70. The Morgan fingerprint density at radius 1 is 1.29 bits per heavy atom. The number of aromatic nitrogens is 3. The van der Waals surface area contributed by atoms with Crippen LogP contribution in [0.15, 0.2) is 6.20 Å². The lowest BCUT2D eigenvalue weighted by Crippen LogP contribution is -2.29. The molecule has 1 N–H and O–H groups in total. The van der Waals surface area contributed by atoms with E-state index in [1.807, 2.05) is 10.9 Å². The molecule has 0 aromatic carbocycles. The van der Waals surface area contributed by atoms with Crippen LogP contribution in [0.5, 0.6) is 0 Å². The van der Waals surface area contributed by atoms with Gasteiger partial charge in [0.15, 0.2) is 5.78 Å². The van der Waals surface area contributed by atoms with Crippen molar-refractivity contribution in [2.75, 3.05) is 13.1 Å². The van der Waals surface area contributed by atoms with Crippen molar-refractivity contribution in [3.05, 3.63) is 11.9 Å². The number of rotatable bonds is 3. The summed E-state index contributed by atoms with van der Waals surface area (Å²) in [5.74, 6) is 0.407. The summed E-state index contributed by atoms with van der Waals surface area (Å²) in [5.41, 5.74) is 0.563. The molecule has 0 amide bonds. The summed E-state index contributed by atoms with van der Waals surface area (Å²) in [7, 11) is 0. The van der Waals surface area contributed by atoms with Gasteiger partial charge in [-0.15, -0.1) is 5.10 Å². The summed E-state index contributed by atoms with van der Waals surface area (Å²) >= 11 is 0. The fourth-order valence-corrected chi connectivity index (χ4v) is 2.52. The van der Waals surface area contributed by atoms with Gasteiger partial charge in [-0.1, -0.05) is 11.6 Å². The summed E-state index contributed by atoms with van der Waals surface area (Å²) in [6, 6.07) is 0.409. The van der Waals surface area contributed by atoms with E-state index in [4.69, 9.17) is 0 Å². The zero-order valence-corrected chi connectivity index (χ0v) is 9.93. The molecular weight excluding hydrogens is 216 g/mol. The third kappa shape index (κ3) is 2.11. The van der Waals surface area contributed by atoms with Gasteiger partial charge in [0.05, 0.1) is 12.2 Å². The molecule has 5 nitrogen and oxygen atoms in total. The summed E-state index contributed by atoms with van der Waals surface area (Å²) in [4.78, 5) is 12.0. The van der Waals surface area contributed by atoms with Gasteiger partial charge in [0, 0.05) is 5.92 Å². The fraction of sp³-hybridized carbons (Fsp3) is 0.750. The number of hydrogen-bond acceptors (Lipinski definition) is 4. The van der Waals surface area contributed by atoms with Crippen LogP contribution in [0.4, 0.5) is 0 Å². The Hall–Kier alpha value is -1.23. The van der Waals surface area contributed by atoms with Crippen molar-refractivity contribution in [1.82, 2.24) is 20.3 Å². The maximum absolute atomic E-state index is 12.0. The van der Waals surface area contributed by atoms with Crippen LogP contribution < -0.4 is 5.32 Å². The molecule has 1 aliphatic carbocycles. The zero-order valence-electron chi connectivity index (χ0n) is 9.93. The van der Waals surface area contributed by atoms with Crippen LogP contribution in [0.2, 0.25) is 0 Å². The van der Waals surface area contributed by atoms with Crippen LogP contribution in [0.3, 0.4) is 0 Å². The maximum Gasteiger partial charge on any atom is 0.187 e. The molecule has 0 unspecified atom stereocenters. The van der Waals surface area contributed by atoms with Crippen molar-refractivity contribution in [3.63, 3.8) is 0 Å². The third-order valence-corrected chi connectivity index (χ3v) is 3.92. The highest BCUT2D eigenvalue weighted by Gasteiger charge is 2.28. The highest BCUT2D eigenvalue weighted by atomic mass is 16.1. The Kier molecular flexibility index (Phi) is 2.93. The van der Waals surface area contributed by atoms with Crippen molar-refractivity contribution in [3.8, 4) is 0 Å². The van der Waals surface area contributed by atoms with E-state index in [1.165, 1.54) is 6.42 Å². The minimum Gasteiger partial charge on any atom is -0.317 e. The molecule has 0 radical (unpaired) electrons. The van der Waals surface area contributed by atoms with Crippen molar-refractivity contribution < 1.29 is 4.79 Å². The minimum atomic E-state index is 0.191. The number of ketones is 1.